The van der Waals surface area contributed by atoms with Crippen molar-refractivity contribution in [3.05, 3.63) is 30.2 Å². The fraction of sp³-hybridized carbons (Fsp3) is 0.533. The van der Waals surface area contributed by atoms with Gasteiger partial charge in [-0.2, -0.15) is 0 Å². The number of carbonyl (C=O) groups is 1. The lowest BCUT2D eigenvalue weighted by Crippen LogP contribution is -2.36. The summed E-state index contributed by atoms with van der Waals surface area (Å²) in [5, 5.41) is 0. The molecule has 0 unspecified atom stereocenters. The van der Waals surface area contributed by atoms with Gasteiger partial charge in [0.05, 0.1) is 6.26 Å². The highest BCUT2D eigenvalue weighted by Gasteiger charge is 2.15. The van der Waals surface area contributed by atoms with Crippen LogP contribution in [0.15, 0.2) is 28.9 Å². The van der Waals surface area contributed by atoms with E-state index in [0.29, 0.717) is 5.76 Å². The molecule has 1 aliphatic heterocycles. The number of piperidine rings is 1. The zero-order valence-corrected chi connectivity index (χ0v) is 11.4. The largest absolute Gasteiger partial charge is 0.465 e. The Balaban J connectivity index is 1.72. The monoisotopic (exact) mass is 263 g/mol. The van der Waals surface area contributed by atoms with Crippen molar-refractivity contribution >= 4 is 12.0 Å². The molecule has 1 fully saturated rings. The van der Waals surface area contributed by atoms with Gasteiger partial charge < -0.3 is 9.15 Å². The predicted molar refractivity (Wildman–Crippen MR) is 73.6 cm³/mol. The normalized spacial score (nSPS) is 18.6. The smallest absolute Gasteiger partial charge is 0.331 e. The molecule has 0 saturated carbocycles. The van der Waals surface area contributed by atoms with Crippen LogP contribution in [0.1, 0.15) is 31.9 Å². The number of nitrogens with zero attached hydrogens (tertiary/aromatic N) is 1. The Morgan fingerprint density at radius 2 is 2.26 bits per heavy atom. The first kappa shape index (κ1) is 13.9. The SMILES string of the molecule is C[C@H](CN1CCCCC1)OC(=O)/C=C/c1ccco1. The number of rotatable bonds is 5. The van der Waals surface area contributed by atoms with Crippen LogP contribution in [0.25, 0.3) is 6.08 Å². The average molecular weight is 263 g/mol. The van der Waals surface area contributed by atoms with Crippen molar-refractivity contribution in [2.45, 2.75) is 32.3 Å². The summed E-state index contributed by atoms with van der Waals surface area (Å²) in [6.07, 6.45) is 8.34. The van der Waals surface area contributed by atoms with Crippen molar-refractivity contribution in [2.24, 2.45) is 0 Å². The minimum atomic E-state index is -0.319. The third-order valence-corrected chi connectivity index (χ3v) is 3.21. The second-order valence-electron chi connectivity index (χ2n) is 4.96. The maximum Gasteiger partial charge on any atom is 0.331 e. The lowest BCUT2D eigenvalue weighted by atomic mass is 10.1. The molecular formula is C15H21NO3. The highest BCUT2D eigenvalue weighted by molar-refractivity contribution is 5.86. The van der Waals surface area contributed by atoms with Crippen LogP contribution in [0.3, 0.4) is 0 Å². The van der Waals surface area contributed by atoms with Gasteiger partial charge in [0.1, 0.15) is 11.9 Å². The summed E-state index contributed by atoms with van der Waals surface area (Å²) in [5.74, 6) is 0.335. The molecule has 1 aromatic rings. The van der Waals surface area contributed by atoms with Crippen LogP contribution in [0.5, 0.6) is 0 Å². The lowest BCUT2D eigenvalue weighted by Gasteiger charge is -2.28. The number of hydrogen-bond acceptors (Lipinski definition) is 4. The standard InChI is InChI=1S/C15H21NO3/c1-13(12-16-9-3-2-4-10-16)19-15(17)8-7-14-6-5-11-18-14/h5-8,11,13H,2-4,9-10,12H2,1H3/b8-7+/t13-/m1/s1. The molecule has 1 aliphatic rings. The molecule has 0 radical (unpaired) electrons. The molecule has 1 atom stereocenters. The van der Waals surface area contributed by atoms with Crippen molar-refractivity contribution in [1.82, 2.24) is 4.90 Å². The Morgan fingerprint density at radius 3 is 2.95 bits per heavy atom. The van der Waals surface area contributed by atoms with E-state index in [2.05, 4.69) is 4.90 Å². The van der Waals surface area contributed by atoms with Gasteiger partial charge in [-0.15, -0.1) is 0 Å². The van der Waals surface area contributed by atoms with Crippen LogP contribution < -0.4 is 0 Å². The number of carbonyl (C=O) groups excluding carboxylic acids is 1. The summed E-state index contributed by atoms with van der Waals surface area (Å²) in [6, 6.07) is 3.57. The van der Waals surface area contributed by atoms with Gasteiger partial charge in [0, 0.05) is 12.6 Å². The molecule has 1 aromatic heterocycles. The predicted octanol–water partition coefficient (Wildman–Crippen LogP) is 2.71. The number of likely N-dealkylation sites (tertiary alicyclic amines) is 1. The van der Waals surface area contributed by atoms with Crippen LogP contribution in [0.2, 0.25) is 0 Å². The second kappa shape index (κ2) is 7.14. The first-order chi connectivity index (χ1) is 9.24. The first-order valence-electron chi connectivity index (χ1n) is 6.88. The molecule has 104 valence electrons. The van der Waals surface area contributed by atoms with E-state index in [1.54, 1.807) is 24.5 Å². The van der Waals surface area contributed by atoms with Crippen molar-refractivity contribution < 1.29 is 13.9 Å². The summed E-state index contributed by atoms with van der Waals surface area (Å²) in [7, 11) is 0. The van der Waals surface area contributed by atoms with E-state index in [-0.39, 0.29) is 12.1 Å². The Hall–Kier alpha value is -1.55. The molecule has 0 amide bonds. The van der Waals surface area contributed by atoms with E-state index in [1.165, 1.54) is 25.3 Å². The maximum absolute atomic E-state index is 11.6. The van der Waals surface area contributed by atoms with Crippen LogP contribution >= 0.6 is 0 Å². The summed E-state index contributed by atoms with van der Waals surface area (Å²) in [6.45, 7) is 4.99. The molecule has 0 aromatic carbocycles. The lowest BCUT2D eigenvalue weighted by molar-refractivity contribution is -0.143. The van der Waals surface area contributed by atoms with Crippen LogP contribution in [0, 0.1) is 0 Å². The fourth-order valence-electron chi connectivity index (χ4n) is 2.32. The molecule has 2 heterocycles. The molecule has 2 rings (SSSR count). The quantitative estimate of drug-likeness (QED) is 0.605. The van der Waals surface area contributed by atoms with Crippen LogP contribution in [0.4, 0.5) is 0 Å². The second-order valence-corrected chi connectivity index (χ2v) is 4.96. The van der Waals surface area contributed by atoms with Crippen LogP contribution in [-0.4, -0.2) is 36.6 Å². The van der Waals surface area contributed by atoms with Gasteiger partial charge >= 0.3 is 5.97 Å². The average Bonchev–Trinajstić information content (AvgIpc) is 2.90. The van der Waals surface area contributed by atoms with Crippen molar-refractivity contribution in [2.75, 3.05) is 19.6 Å². The molecule has 19 heavy (non-hydrogen) atoms. The van der Waals surface area contributed by atoms with E-state index >= 15 is 0 Å². The molecule has 0 spiro atoms. The molecular weight excluding hydrogens is 242 g/mol. The molecule has 0 bridgehead atoms. The molecule has 0 aliphatic carbocycles. The highest BCUT2D eigenvalue weighted by atomic mass is 16.5. The van der Waals surface area contributed by atoms with E-state index in [0.717, 1.165) is 19.6 Å². The van der Waals surface area contributed by atoms with Gasteiger partial charge in [-0.3, -0.25) is 4.90 Å². The Bertz CT molecular complexity index is 405. The number of hydrogen-bond donors (Lipinski definition) is 0. The van der Waals surface area contributed by atoms with Crippen LogP contribution in [-0.2, 0) is 9.53 Å². The first-order valence-corrected chi connectivity index (χ1v) is 6.88. The Kier molecular flexibility index (Phi) is 5.21. The van der Waals surface area contributed by atoms with Gasteiger partial charge in [0.25, 0.3) is 0 Å². The summed E-state index contributed by atoms with van der Waals surface area (Å²) < 4.78 is 10.4. The van der Waals surface area contributed by atoms with Gasteiger partial charge in [-0.25, -0.2) is 4.79 Å². The molecule has 4 heteroatoms. The van der Waals surface area contributed by atoms with Crippen molar-refractivity contribution in [3.8, 4) is 0 Å². The van der Waals surface area contributed by atoms with Gasteiger partial charge in [0.15, 0.2) is 0 Å². The maximum atomic E-state index is 11.6. The molecule has 0 N–H and O–H groups in total. The van der Waals surface area contributed by atoms with E-state index in [9.17, 15) is 4.79 Å². The zero-order chi connectivity index (χ0) is 13.5. The summed E-state index contributed by atoms with van der Waals surface area (Å²) in [5.41, 5.74) is 0. The Labute approximate surface area is 114 Å². The number of furan rings is 1. The summed E-state index contributed by atoms with van der Waals surface area (Å²) >= 11 is 0. The molecule has 4 nitrogen and oxygen atoms in total. The van der Waals surface area contributed by atoms with Crippen molar-refractivity contribution in [3.63, 3.8) is 0 Å². The number of esters is 1. The van der Waals surface area contributed by atoms with Gasteiger partial charge in [0.2, 0.25) is 0 Å². The highest BCUT2D eigenvalue weighted by Crippen LogP contribution is 2.10. The topological polar surface area (TPSA) is 42.7 Å². The minimum Gasteiger partial charge on any atom is -0.465 e. The van der Waals surface area contributed by atoms with Gasteiger partial charge in [-0.1, -0.05) is 6.42 Å². The van der Waals surface area contributed by atoms with Crippen molar-refractivity contribution in [1.29, 1.82) is 0 Å². The van der Waals surface area contributed by atoms with E-state index in [1.807, 2.05) is 6.92 Å². The summed E-state index contributed by atoms with van der Waals surface area (Å²) in [4.78, 5) is 14.0. The zero-order valence-electron chi connectivity index (χ0n) is 11.4. The fourth-order valence-corrected chi connectivity index (χ4v) is 2.32. The third-order valence-electron chi connectivity index (χ3n) is 3.21. The van der Waals surface area contributed by atoms with E-state index in [4.69, 9.17) is 9.15 Å². The molecule has 1 saturated heterocycles. The third kappa shape index (κ3) is 4.91. The number of ether oxygens (including phenoxy) is 1. The minimum absolute atomic E-state index is 0.0770. The van der Waals surface area contributed by atoms with Gasteiger partial charge in [-0.05, 0) is 51.1 Å². The van der Waals surface area contributed by atoms with E-state index < -0.39 is 0 Å². The Morgan fingerprint density at radius 1 is 1.47 bits per heavy atom.